The lowest BCUT2D eigenvalue weighted by Crippen LogP contribution is -2.36. The zero-order valence-electron chi connectivity index (χ0n) is 16.4. The second-order valence-electron chi connectivity index (χ2n) is 7.49. The molecule has 2 aliphatic rings. The molecule has 2 aromatic heterocycles. The van der Waals surface area contributed by atoms with Gasteiger partial charge in [-0.25, -0.2) is 0 Å². The van der Waals surface area contributed by atoms with E-state index in [0.717, 1.165) is 52.5 Å². The fourth-order valence-electron chi connectivity index (χ4n) is 4.07. The highest BCUT2D eigenvalue weighted by Gasteiger charge is 2.42. The molecule has 5 nitrogen and oxygen atoms in total. The molecule has 7 heteroatoms. The minimum Gasteiger partial charge on any atom is -0.452 e. The van der Waals surface area contributed by atoms with Crippen LogP contribution in [0.2, 0.25) is 0 Å². The molecule has 0 unspecified atom stereocenters. The molecular formula is C23H23N3O2S2. The molecule has 0 saturated carbocycles. The molecular weight excluding hydrogens is 414 g/mol. The van der Waals surface area contributed by atoms with Crippen LogP contribution in [0, 0.1) is 0 Å². The molecule has 3 atom stereocenters. The third-order valence-corrected chi connectivity index (χ3v) is 6.76. The number of thiocarbonyl (C=S) groups is 1. The molecule has 0 spiro atoms. The number of ether oxygens (including phenoxy) is 1. The van der Waals surface area contributed by atoms with Crippen molar-refractivity contribution in [1.82, 2.24) is 15.2 Å². The Labute approximate surface area is 185 Å². The van der Waals surface area contributed by atoms with E-state index in [1.807, 2.05) is 48.7 Å². The maximum Gasteiger partial charge on any atom is 0.170 e. The minimum atomic E-state index is -0.0687. The number of benzene rings is 1. The predicted octanol–water partition coefficient (Wildman–Crippen LogP) is 4.98. The van der Waals surface area contributed by atoms with Gasteiger partial charge in [-0.15, -0.1) is 0 Å². The van der Waals surface area contributed by atoms with Gasteiger partial charge in [0.15, 0.2) is 10.2 Å². The number of hydrogen-bond acceptors (Lipinski definition) is 5. The first-order chi connectivity index (χ1) is 14.8. The first kappa shape index (κ1) is 19.6. The fraction of sp³-hybridized carbons (Fsp3) is 0.304. The SMILES string of the molecule is S=C1N[C@H](c2ccccn2)[C@@H](c2ccc(Sc3ccccc3)o2)N1C[C@@H]1CCCO1. The summed E-state index contributed by atoms with van der Waals surface area (Å²) in [7, 11) is 0. The number of pyridine rings is 1. The van der Waals surface area contributed by atoms with Crippen molar-refractivity contribution in [2.24, 2.45) is 0 Å². The van der Waals surface area contributed by atoms with Crippen LogP contribution in [0.3, 0.4) is 0 Å². The van der Waals surface area contributed by atoms with E-state index in [9.17, 15) is 0 Å². The Balaban J connectivity index is 1.45. The van der Waals surface area contributed by atoms with E-state index in [2.05, 4.69) is 33.4 Å². The van der Waals surface area contributed by atoms with Gasteiger partial charge < -0.3 is 19.4 Å². The molecule has 3 aromatic rings. The summed E-state index contributed by atoms with van der Waals surface area (Å²) in [6.45, 7) is 1.58. The summed E-state index contributed by atoms with van der Waals surface area (Å²) < 4.78 is 12.2. The van der Waals surface area contributed by atoms with Crippen LogP contribution in [-0.4, -0.2) is 34.3 Å². The Hall–Kier alpha value is -2.35. The summed E-state index contributed by atoms with van der Waals surface area (Å²) in [6, 6.07) is 20.2. The second-order valence-corrected chi connectivity index (χ2v) is 8.95. The maximum atomic E-state index is 6.32. The highest BCUT2D eigenvalue weighted by molar-refractivity contribution is 7.99. The van der Waals surface area contributed by atoms with Crippen molar-refractivity contribution in [3.63, 3.8) is 0 Å². The van der Waals surface area contributed by atoms with Crippen molar-refractivity contribution in [2.45, 2.75) is 41.0 Å². The summed E-state index contributed by atoms with van der Waals surface area (Å²) in [5.41, 5.74) is 0.952. The molecule has 0 aliphatic carbocycles. The van der Waals surface area contributed by atoms with Crippen molar-refractivity contribution in [3.05, 3.63) is 78.3 Å². The van der Waals surface area contributed by atoms with E-state index in [1.165, 1.54) is 0 Å². The fourth-order valence-corrected chi connectivity index (χ4v) is 5.19. The van der Waals surface area contributed by atoms with Gasteiger partial charge in [-0.05, 0) is 61.5 Å². The average Bonchev–Trinajstić information content (AvgIpc) is 3.52. The lowest BCUT2D eigenvalue weighted by molar-refractivity contribution is 0.0812. The minimum absolute atomic E-state index is 0.0678. The highest BCUT2D eigenvalue weighted by atomic mass is 32.2. The third kappa shape index (κ3) is 4.10. The smallest absolute Gasteiger partial charge is 0.170 e. The van der Waals surface area contributed by atoms with Crippen LogP contribution in [0.5, 0.6) is 0 Å². The maximum absolute atomic E-state index is 6.32. The second kappa shape index (κ2) is 8.79. The van der Waals surface area contributed by atoms with Gasteiger partial charge in [-0.1, -0.05) is 36.0 Å². The van der Waals surface area contributed by atoms with Crippen LogP contribution in [0.1, 0.15) is 36.4 Å². The van der Waals surface area contributed by atoms with Crippen LogP contribution in [0.4, 0.5) is 0 Å². The van der Waals surface area contributed by atoms with Crippen LogP contribution < -0.4 is 5.32 Å². The quantitative estimate of drug-likeness (QED) is 0.546. The Morgan fingerprint density at radius 1 is 1.10 bits per heavy atom. The standard InChI is InChI=1S/C23H23N3O2S2/c29-23-25-21(18-10-4-5-13-24-18)22(26(23)15-16-7-6-14-27-16)19-11-12-20(28-19)30-17-8-2-1-3-9-17/h1-5,8-13,16,21-22H,6-7,14-15H2,(H,25,29)/t16-,21+,22+/m0/s1. The number of nitrogens with zero attached hydrogens (tertiary/aromatic N) is 2. The third-order valence-electron chi connectivity index (χ3n) is 5.48. The van der Waals surface area contributed by atoms with Crippen LogP contribution in [-0.2, 0) is 4.74 Å². The molecule has 0 amide bonds. The van der Waals surface area contributed by atoms with E-state index >= 15 is 0 Å². The lowest BCUT2D eigenvalue weighted by atomic mass is 10.0. The Morgan fingerprint density at radius 2 is 1.97 bits per heavy atom. The Morgan fingerprint density at radius 3 is 2.73 bits per heavy atom. The Bertz CT molecular complexity index is 990. The van der Waals surface area contributed by atoms with Gasteiger partial charge in [0.2, 0.25) is 0 Å². The molecule has 154 valence electrons. The summed E-state index contributed by atoms with van der Waals surface area (Å²) in [4.78, 5) is 7.94. The highest BCUT2D eigenvalue weighted by Crippen LogP contribution is 2.41. The van der Waals surface area contributed by atoms with Crippen molar-refractivity contribution in [3.8, 4) is 0 Å². The summed E-state index contributed by atoms with van der Waals surface area (Å²) in [5, 5.41) is 5.06. The molecule has 1 aromatic carbocycles. The number of furan rings is 1. The van der Waals surface area contributed by atoms with E-state index in [4.69, 9.17) is 21.4 Å². The van der Waals surface area contributed by atoms with Gasteiger partial charge in [-0.2, -0.15) is 0 Å². The van der Waals surface area contributed by atoms with Crippen molar-refractivity contribution in [1.29, 1.82) is 0 Å². The van der Waals surface area contributed by atoms with Crippen molar-refractivity contribution < 1.29 is 9.15 Å². The normalized spacial score (nSPS) is 23.7. The van der Waals surface area contributed by atoms with Gasteiger partial charge in [0.1, 0.15) is 11.8 Å². The van der Waals surface area contributed by atoms with Gasteiger partial charge in [0.25, 0.3) is 0 Å². The van der Waals surface area contributed by atoms with E-state index < -0.39 is 0 Å². The Kier molecular flexibility index (Phi) is 5.75. The zero-order valence-corrected chi connectivity index (χ0v) is 18.1. The molecule has 30 heavy (non-hydrogen) atoms. The predicted molar refractivity (Wildman–Crippen MR) is 120 cm³/mol. The summed E-state index contributed by atoms with van der Waals surface area (Å²) in [5.74, 6) is 0.884. The van der Waals surface area contributed by atoms with E-state index in [1.54, 1.807) is 11.8 Å². The van der Waals surface area contributed by atoms with Gasteiger partial charge in [-0.3, -0.25) is 4.98 Å². The van der Waals surface area contributed by atoms with Crippen molar-refractivity contribution >= 4 is 29.1 Å². The molecule has 2 fully saturated rings. The summed E-state index contributed by atoms with van der Waals surface area (Å²) in [6.07, 6.45) is 4.18. The molecule has 4 heterocycles. The van der Waals surface area contributed by atoms with Crippen molar-refractivity contribution in [2.75, 3.05) is 13.2 Å². The number of aromatic nitrogens is 1. The zero-order chi connectivity index (χ0) is 20.3. The van der Waals surface area contributed by atoms with Crippen LogP contribution in [0.25, 0.3) is 0 Å². The number of hydrogen-bond donors (Lipinski definition) is 1. The first-order valence-corrected chi connectivity index (χ1v) is 11.4. The summed E-state index contributed by atoms with van der Waals surface area (Å²) >= 11 is 7.35. The average molecular weight is 438 g/mol. The largest absolute Gasteiger partial charge is 0.452 e. The monoisotopic (exact) mass is 437 g/mol. The molecule has 5 rings (SSSR count). The first-order valence-electron chi connectivity index (χ1n) is 10.2. The molecule has 0 bridgehead atoms. The topological polar surface area (TPSA) is 50.5 Å². The van der Waals surface area contributed by atoms with Gasteiger partial charge >= 0.3 is 0 Å². The van der Waals surface area contributed by atoms with Crippen LogP contribution in [0.15, 0.2) is 81.3 Å². The molecule has 0 radical (unpaired) electrons. The van der Waals surface area contributed by atoms with Crippen LogP contribution >= 0.6 is 24.0 Å². The van der Waals surface area contributed by atoms with Gasteiger partial charge in [0, 0.05) is 24.2 Å². The van der Waals surface area contributed by atoms with Gasteiger partial charge in [0.05, 0.1) is 17.8 Å². The lowest BCUT2D eigenvalue weighted by Gasteiger charge is -2.28. The van der Waals surface area contributed by atoms with E-state index in [-0.39, 0.29) is 18.2 Å². The molecule has 1 N–H and O–H groups in total. The molecule has 2 aliphatic heterocycles. The van der Waals surface area contributed by atoms with E-state index in [0.29, 0.717) is 0 Å². The molecule has 2 saturated heterocycles. The number of nitrogens with one attached hydrogen (secondary N) is 1. The number of rotatable bonds is 6.